The highest BCUT2D eigenvalue weighted by atomic mass is 35.5. The van der Waals surface area contributed by atoms with E-state index in [2.05, 4.69) is 16.9 Å². The van der Waals surface area contributed by atoms with E-state index < -0.39 is 5.82 Å². The lowest BCUT2D eigenvalue weighted by molar-refractivity contribution is -0.132. The van der Waals surface area contributed by atoms with Crippen LogP contribution in [-0.4, -0.2) is 35.8 Å². The first kappa shape index (κ1) is 22.5. The van der Waals surface area contributed by atoms with Gasteiger partial charge >= 0.3 is 0 Å². The van der Waals surface area contributed by atoms with E-state index in [0.717, 1.165) is 19.5 Å². The molecule has 0 spiro atoms. The third kappa shape index (κ3) is 7.00. The first-order valence-corrected chi connectivity index (χ1v) is 10.7. The predicted octanol–water partition coefficient (Wildman–Crippen LogP) is 4.92. The SMILES string of the molecule is CC.O=C(COc1ccc(F)c(Cl)c1)N1CCC(SNCc2ccccc2)C1. The summed E-state index contributed by atoms with van der Waals surface area (Å²) in [6, 6.07) is 14.3. The first-order chi connectivity index (χ1) is 13.6. The number of ether oxygens (including phenoxy) is 1. The third-order valence-corrected chi connectivity index (χ3v) is 5.44. The molecule has 7 heteroatoms. The molecule has 0 aliphatic carbocycles. The maximum absolute atomic E-state index is 13.1. The van der Waals surface area contributed by atoms with Crippen molar-refractivity contribution >= 4 is 29.5 Å². The quantitative estimate of drug-likeness (QED) is 0.640. The Bertz CT molecular complexity index is 748. The number of nitrogens with zero attached hydrogens (tertiary/aromatic N) is 1. The normalized spacial score (nSPS) is 15.7. The second-order valence-electron chi connectivity index (χ2n) is 6.04. The van der Waals surface area contributed by atoms with Crippen LogP contribution in [0.4, 0.5) is 4.39 Å². The number of carbonyl (C=O) groups excluding carboxylic acids is 1. The van der Waals surface area contributed by atoms with Gasteiger partial charge in [-0.05, 0) is 24.1 Å². The summed E-state index contributed by atoms with van der Waals surface area (Å²) in [5, 5.41) is 0.347. The van der Waals surface area contributed by atoms with Crippen LogP contribution in [0.25, 0.3) is 0 Å². The number of halogens is 2. The summed E-state index contributed by atoms with van der Waals surface area (Å²) in [4.78, 5) is 14.1. The number of benzene rings is 2. The lowest BCUT2D eigenvalue weighted by Crippen LogP contribution is -2.33. The standard InChI is InChI=1S/C19H20ClFN2O2S.C2H6/c20-17-10-15(6-7-18(17)21)25-13-19(24)23-9-8-16(12-23)26-22-11-14-4-2-1-3-5-14;1-2/h1-7,10,16,22H,8-9,11-13H2;1-2H3. The van der Waals surface area contributed by atoms with Crippen molar-refractivity contribution in [2.75, 3.05) is 19.7 Å². The molecule has 152 valence electrons. The van der Waals surface area contributed by atoms with E-state index in [1.54, 1.807) is 16.8 Å². The fourth-order valence-corrected chi connectivity index (χ4v) is 3.83. The van der Waals surface area contributed by atoms with Crippen molar-refractivity contribution in [2.24, 2.45) is 0 Å². The molecule has 0 bridgehead atoms. The molecule has 1 fully saturated rings. The van der Waals surface area contributed by atoms with Crippen LogP contribution in [0.5, 0.6) is 5.75 Å². The summed E-state index contributed by atoms with van der Waals surface area (Å²) >= 11 is 7.38. The van der Waals surface area contributed by atoms with Gasteiger partial charge in [0.1, 0.15) is 11.6 Å². The van der Waals surface area contributed by atoms with Crippen LogP contribution >= 0.6 is 23.5 Å². The van der Waals surface area contributed by atoms with E-state index in [4.69, 9.17) is 16.3 Å². The Kier molecular flexibility index (Phi) is 9.61. The molecule has 1 saturated heterocycles. The molecule has 1 N–H and O–H groups in total. The minimum atomic E-state index is -0.507. The van der Waals surface area contributed by atoms with Crippen LogP contribution in [0, 0.1) is 5.82 Å². The molecule has 0 radical (unpaired) electrons. The Hall–Kier alpha value is -1.76. The molecule has 1 aliphatic heterocycles. The van der Waals surface area contributed by atoms with Crippen molar-refractivity contribution in [1.29, 1.82) is 0 Å². The Morgan fingerprint density at radius 2 is 2.04 bits per heavy atom. The number of nitrogens with one attached hydrogen (secondary N) is 1. The number of hydrogen-bond acceptors (Lipinski definition) is 4. The van der Waals surface area contributed by atoms with E-state index in [1.165, 1.54) is 23.8 Å². The summed E-state index contributed by atoms with van der Waals surface area (Å²) in [6.07, 6.45) is 0.945. The van der Waals surface area contributed by atoms with Gasteiger partial charge in [-0.3, -0.25) is 9.52 Å². The highest BCUT2D eigenvalue weighted by Gasteiger charge is 2.26. The first-order valence-electron chi connectivity index (χ1n) is 9.40. The van der Waals surface area contributed by atoms with Crippen LogP contribution in [0.15, 0.2) is 48.5 Å². The Morgan fingerprint density at radius 3 is 2.75 bits per heavy atom. The highest BCUT2D eigenvalue weighted by molar-refractivity contribution is 7.98. The molecule has 1 amide bonds. The summed E-state index contributed by atoms with van der Waals surface area (Å²) in [5.74, 6) is -0.191. The average Bonchev–Trinajstić information content (AvgIpc) is 3.20. The minimum Gasteiger partial charge on any atom is -0.484 e. The maximum Gasteiger partial charge on any atom is 0.260 e. The summed E-state index contributed by atoms with van der Waals surface area (Å²) in [5.41, 5.74) is 1.23. The zero-order valence-electron chi connectivity index (χ0n) is 16.2. The van der Waals surface area contributed by atoms with Gasteiger partial charge in [0.05, 0.1) is 5.02 Å². The van der Waals surface area contributed by atoms with E-state index in [1.807, 2.05) is 32.0 Å². The molecule has 4 nitrogen and oxygen atoms in total. The van der Waals surface area contributed by atoms with Gasteiger partial charge in [-0.25, -0.2) is 4.39 Å². The van der Waals surface area contributed by atoms with E-state index in [-0.39, 0.29) is 17.5 Å². The van der Waals surface area contributed by atoms with E-state index in [0.29, 0.717) is 17.5 Å². The molecule has 2 aromatic carbocycles. The molecule has 2 aromatic rings. The van der Waals surface area contributed by atoms with Gasteiger partial charge in [-0.1, -0.05) is 67.7 Å². The zero-order chi connectivity index (χ0) is 20.4. The lowest BCUT2D eigenvalue weighted by atomic mass is 10.2. The van der Waals surface area contributed by atoms with Crippen LogP contribution in [0.3, 0.4) is 0 Å². The van der Waals surface area contributed by atoms with Crippen molar-refractivity contribution in [3.63, 3.8) is 0 Å². The van der Waals surface area contributed by atoms with Crippen molar-refractivity contribution in [3.05, 3.63) is 64.9 Å². The smallest absolute Gasteiger partial charge is 0.260 e. The van der Waals surface area contributed by atoms with Crippen molar-refractivity contribution in [1.82, 2.24) is 9.62 Å². The van der Waals surface area contributed by atoms with Crippen molar-refractivity contribution < 1.29 is 13.9 Å². The second-order valence-corrected chi connectivity index (χ2v) is 7.64. The van der Waals surface area contributed by atoms with Crippen LogP contribution < -0.4 is 9.46 Å². The van der Waals surface area contributed by atoms with E-state index in [9.17, 15) is 9.18 Å². The minimum absolute atomic E-state index is 0.0166. The number of amides is 1. The second kappa shape index (κ2) is 11.9. The van der Waals surface area contributed by atoms with Gasteiger partial charge < -0.3 is 9.64 Å². The molecule has 0 saturated carbocycles. The number of hydrogen-bond donors (Lipinski definition) is 1. The molecule has 1 atom stereocenters. The van der Waals surface area contributed by atoms with Crippen LogP contribution in [-0.2, 0) is 11.3 Å². The Balaban J connectivity index is 0.00000136. The van der Waals surface area contributed by atoms with Gasteiger partial charge in [0.15, 0.2) is 6.61 Å². The van der Waals surface area contributed by atoms with Crippen molar-refractivity contribution in [3.8, 4) is 5.75 Å². The molecule has 1 heterocycles. The number of rotatable bonds is 7. The maximum atomic E-state index is 13.1. The van der Waals surface area contributed by atoms with Gasteiger partial charge in [-0.15, -0.1) is 0 Å². The third-order valence-electron chi connectivity index (χ3n) is 4.12. The summed E-state index contributed by atoms with van der Waals surface area (Å²) in [6.45, 7) is 6.14. The fraction of sp³-hybridized carbons (Fsp3) is 0.381. The molecule has 28 heavy (non-hydrogen) atoms. The molecular formula is C21H26ClFN2O2S. The average molecular weight is 425 g/mol. The van der Waals surface area contributed by atoms with Crippen molar-refractivity contribution in [2.45, 2.75) is 32.1 Å². The Labute approximate surface area is 175 Å². The number of carbonyl (C=O) groups is 1. The van der Waals surface area contributed by atoms with Gasteiger partial charge in [0.2, 0.25) is 0 Å². The Morgan fingerprint density at radius 1 is 1.29 bits per heavy atom. The fourth-order valence-electron chi connectivity index (χ4n) is 2.69. The highest BCUT2D eigenvalue weighted by Crippen LogP contribution is 2.23. The molecule has 1 unspecified atom stereocenters. The topological polar surface area (TPSA) is 41.6 Å². The number of likely N-dealkylation sites (tertiary alicyclic amines) is 1. The van der Waals surface area contributed by atoms with Gasteiger partial charge in [-0.2, -0.15) is 0 Å². The zero-order valence-corrected chi connectivity index (χ0v) is 17.7. The molecule has 3 rings (SSSR count). The van der Waals surface area contributed by atoms with Crippen LogP contribution in [0.1, 0.15) is 25.8 Å². The molecule has 0 aromatic heterocycles. The largest absolute Gasteiger partial charge is 0.484 e. The van der Waals surface area contributed by atoms with E-state index >= 15 is 0 Å². The molecule has 1 aliphatic rings. The summed E-state index contributed by atoms with van der Waals surface area (Å²) in [7, 11) is 0. The monoisotopic (exact) mass is 424 g/mol. The molecular weight excluding hydrogens is 399 g/mol. The predicted molar refractivity (Wildman–Crippen MR) is 114 cm³/mol. The summed E-state index contributed by atoms with van der Waals surface area (Å²) < 4.78 is 21.9. The lowest BCUT2D eigenvalue weighted by Gasteiger charge is -2.17. The van der Waals surface area contributed by atoms with Gasteiger partial charge in [0, 0.05) is 31.0 Å². The van der Waals surface area contributed by atoms with Gasteiger partial charge in [0.25, 0.3) is 5.91 Å². The van der Waals surface area contributed by atoms with Crippen LogP contribution in [0.2, 0.25) is 5.02 Å².